The van der Waals surface area contributed by atoms with Gasteiger partial charge in [-0.3, -0.25) is 4.79 Å². The topological polar surface area (TPSA) is 60.0 Å². The predicted octanol–water partition coefficient (Wildman–Crippen LogP) is 2.62. The molecule has 1 unspecified atom stereocenters. The van der Waals surface area contributed by atoms with E-state index in [1.54, 1.807) is 25.1 Å². The Kier molecular flexibility index (Phi) is 6.99. The van der Waals surface area contributed by atoms with Crippen molar-refractivity contribution in [3.05, 3.63) is 29.0 Å². The summed E-state index contributed by atoms with van der Waals surface area (Å²) < 4.78 is 13.8. The van der Waals surface area contributed by atoms with Gasteiger partial charge in [0.1, 0.15) is 12.4 Å². The van der Waals surface area contributed by atoms with Gasteiger partial charge in [0.2, 0.25) is 5.91 Å². The van der Waals surface area contributed by atoms with Gasteiger partial charge in [0, 0.05) is 45.0 Å². The minimum absolute atomic E-state index is 0.0304. The van der Waals surface area contributed by atoms with Gasteiger partial charge in [-0.25, -0.2) is 9.38 Å². The van der Waals surface area contributed by atoms with Crippen LogP contribution in [-0.4, -0.2) is 62.6 Å². The van der Waals surface area contributed by atoms with Crippen LogP contribution in [0.5, 0.6) is 0 Å². The Morgan fingerprint density at radius 2 is 1.96 bits per heavy atom. The molecule has 2 aliphatic rings. The number of likely N-dealkylation sites (N-methyl/N-ethyl adjacent to an activating group) is 1. The predicted molar refractivity (Wildman–Crippen MR) is 112 cm³/mol. The lowest BCUT2D eigenvalue weighted by Gasteiger charge is -2.22. The molecule has 0 aromatic heterocycles. The maximum absolute atomic E-state index is 13.8. The number of guanidine groups is 1. The van der Waals surface area contributed by atoms with E-state index in [-0.39, 0.29) is 23.5 Å². The summed E-state index contributed by atoms with van der Waals surface area (Å²) in [7, 11) is 3.46. The number of hydrogen-bond donors (Lipinski definition) is 2. The van der Waals surface area contributed by atoms with Gasteiger partial charge < -0.3 is 20.4 Å². The van der Waals surface area contributed by atoms with E-state index in [9.17, 15) is 9.18 Å². The molecule has 1 heterocycles. The van der Waals surface area contributed by atoms with Crippen LogP contribution in [0.3, 0.4) is 0 Å². The third-order valence-electron chi connectivity index (χ3n) is 5.36. The second kappa shape index (κ2) is 9.45. The molecule has 0 bridgehead atoms. The summed E-state index contributed by atoms with van der Waals surface area (Å²) in [5.41, 5.74) is 0.830. The molecule has 1 aromatic carbocycles. The summed E-state index contributed by atoms with van der Waals surface area (Å²) in [5.74, 6) is 0.261. The highest BCUT2D eigenvalue weighted by atomic mass is 35.5. The zero-order chi connectivity index (χ0) is 20.1. The third kappa shape index (κ3) is 5.50. The molecule has 6 nitrogen and oxygen atoms in total. The molecule has 1 aliphatic carbocycles. The summed E-state index contributed by atoms with van der Waals surface area (Å²) >= 11 is 5.79. The van der Waals surface area contributed by atoms with E-state index in [1.165, 1.54) is 18.9 Å². The van der Waals surface area contributed by atoms with Gasteiger partial charge in [-0.2, -0.15) is 0 Å². The molecule has 28 heavy (non-hydrogen) atoms. The summed E-state index contributed by atoms with van der Waals surface area (Å²) in [5, 5.41) is 7.09. The van der Waals surface area contributed by atoms with Crippen molar-refractivity contribution in [2.45, 2.75) is 44.2 Å². The number of amides is 1. The van der Waals surface area contributed by atoms with Crippen LogP contribution in [0.1, 0.15) is 32.1 Å². The Morgan fingerprint density at radius 3 is 2.64 bits per heavy atom. The van der Waals surface area contributed by atoms with Gasteiger partial charge >= 0.3 is 0 Å². The minimum atomic E-state index is -0.400. The number of aliphatic imine (C=N–C) groups is 1. The molecule has 2 N–H and O–H groups in total. The number of benzene rings is 1. The fraction of sp³-hybridized carbons (Fsp3) is 0.600. The average Bonchev–Trinajstić information content (AvgIpc) is 3.33. The van der Waals surface area contributed by atoms with E-state index in [4.69, 9.17) is 11.6 Å². The smallest absolute Gasteiger partial charge is 0.243 e. The minimum Gasteiger partial charge on any atom is -0.369 e. The van der Waals surface area contributed by atoms with Gasteiger partial charge in [0.15, 0.2) is 5.96 Å². The first-order valence-electron chi connectivity index (χ1n) is 9.90. The van der Waals surface area contributed by atoms with E-state index in [0.717, 1.165) is 38.0 Å². The van der Waals surface area contributed by atoms with Crippen molar-refractivity contribution in [3.8, 4) is 0 Å². The monoisotopic (exact) mass is 409 g/mol. The second-order valence-electron chi connectivity index (χ2n) is 7.75. The molecule has 0 radical (unpaired) electrons. The maximum atomic E-state index is 13.8. The van der Waals surface area contributed by atoms with Gasteiger partial charge in [-0.15, -0.1) is 0 Å². The Bertz CT molecular complexity index is 721. The summed E-state index contributed by atoms with van der Waals surface area (Å²) in [4.78, 5) is 20.1. The first-order chi connectivity index (χ1) is 13.4. The van der Waals surface area contributed by atoms with E-state index in [2.05, 4.69) is 20.5 Å². The lowest BCUT2D eigenvalue weighted by Crippen LogP contribution is -2.48. The van der Waals surface area contributed by atoms with E-state index in [0.29, 0.717) is 12.0 Å². The molecule has 2 fully saturated rings. The van der Waals surface area contributed by atoms with E-state index >= 15 is 0 Å². The molecule has 1 aromatic rings. The number of nitrogens with one attached hydrogen (secondary N) is 2. The van der Waals surface area contributed by atoms with Crippen LogP contribution in [0.25, 0.3) is 0 Å². The van der Waals surface area contributed by atoms with Crippen LogP contribution in [0, 0.1) is 5.82 Å². The van der Waals surface area contributed by atoms with E-state index < -0.39 is 5.82 Å². The van der Waals surface area contributed by atoms with Gasteiger partial charge in [0.25, 0.3) is 0 Å². The number of carbonyl (C=O) groups excluding carboxylic acids is 1. The first kappa shape index (κ1) is 20.7. The third-order valence-corrected chi connectivity index (χ3v) is 5.67. The van der Waals surface area contributed by atoms with Gasteiger partial charge in [-0.05, 0) is 37.5 Å². The Morgan fingerprint density at radius 1 is 1.25 bits per heavy atom. The molecule has 1 amide bonds. The quantitative estimate of drug-likeness (QED) is 0.579. The normalized spacial score (nSPS) is 20.5. The molecule has 8 heteroatoms. The molecule has 154 valence electrons. The fourth-order valence-corrected chi connectivity index (χ4v) is 3.79. The van der Waals surface area contributed by atoms with Crippen molar-refractivity contribution in [2.24, 2.45) is 4.99 Å². The first-order valence-corrected chi connectivity index (χ1v) is 10.3. The zero-order valence-electron chi connectivity index (χ0n) is 16.5. The molecule has 1 aliphatic heterocycles. The van der Waals surface area contributed by atoms with Crippen LogP contribution >= 0.6 is 11.6 Å². The summed E-state index contributed by atoms with van der Waals surface area (Å²) in [6.45, 7) is 1.69. The van der Waals surface area contributed by atoms with Crippen molar-refractivity contribution in [2.75, 3.05) is 38.6 Å². The molecule has 1 atom stereocenters. The van der Waals surface area contributed by atoms with Crippen LogP contribution in [0.2, 0.25) is 5.02 Å². The van der Waals surface area contributed by atoms with Crippen molar-refractivity contribution in [1.82, 2.24) is 15.5 Å². The number of hydrogen-bond acceptors (Lipinski definition) is 3. The van der Waals surface area contributed by atoms with Gasteiger partial charge in [-0.1, -0.05) is 24.4 Å². The number of anilines is 1. The SMILES string of the molecule is CN(C)C(=O)CN=C(NC1CCCC1)NC1CCN(c2ccc(Cl)c(F)c2)C1. The van der Waals surface area contributed by atoms with Crippen molar-refractivity contribution >= 4 is 29.2 Å². The molecule has 1 saturated carbocycles. The van der Waals surface area contributed by atoms with Crippen LogP contribution < -0.4 is 15.5 Å². The van der Waals surface area contributed by atoms with Crippen molar-refractivity contribution < 1.29 is 9.18 Å². The highest BCUT2D eigenvalue weighted by Gasteiger charge is 2.25. The maximum Gasteiger partial charge on any atom is 0.243 e. The average molecular weight is 410 g/mol. The molecule has 3 rings (SSSR count). The fourth-order valence-electron chi connectivity index (χ4n) is 3.67. The molecule has 0 spiro atoms. The summed E-state index contributed by atoms with van der Waals surface area (Å²) in [6, 6.07) is 5.50. The second-order valence-corrected chi connectivity index (χ2v) is 8.16. The lowest BCUT2D eigenvalue weighted by atomic mass is 10.2. The Balaban J connectivity index is 1.62. The van der Waals surface area contributed by atoms with Crippen LogP contribution in [-0.2, 0) is 4.79 Å². The number of rotatable bonds is 5. The van der Waals surface area contributed by atoms with Crippen molar-refractivity contribution in [1.29, 1.82) is 0 Å². The highest BCUT2D eigenvalue weighted by Crippen LogP contribution is 2.25. The lowest BCUT2D eigenvalue weighted by molar-refractivity contribution is -0.127. The number of nitrogens with zero attached hydrogens (tertiary/aromatic N) is 3. The van der Waals surface area contributed by atoms with Crippen LogP contribution in [0.15, 0.2) is 23.2 Å². The summed E-state index contributed by atoms with van der Waals surface area (Å²) in [6.07, 6.45) is 5.62. The highest BCUT2D eigenvalue weighted by molar-refractivity contribution is 6.30. The Hall–Kier alpha value is -2.02. The van der Waals surface area contributed by atoms with Gasteiger partial charge in [0.05, 0.1) is 5.02 Å². The van der Waals surface area contributed by atoms with E-state index in [1.807, 2.05) is 6.07 Å². The number of halogens is 2. The van der Waals surface area contributed by atoms with Crippen LogP contribution in [0.4, 0.5) is 10.1 Å². The zero-order valence-corrected chi connectivity index (χ0v) is 17.3. The molecular weight excluding hydrogens is 381 g/mol. The van der Waals surface area contributed by atoms with Crippen molar-refractivity contribution in [3.63, 3.8) is 0 Å². The molecule has 1 saturated heterocycles. The molecular formula is C20H29ClFN5O. The largest absolute Gasteiger partial charge is 0.369 e. The number of carbonyl (C=O) groups is 1. The Labute approximate surface area is 171 Å². The standard InChI is InChI=1S/C20H29ClFN5O/c1-26(2)19(28)12-23-20(24-14-5-3-4-6-14)25-15-9-10-27(13-15)16-7-8-17(21)18(22)11-16/h7-8,11,14-15H,3-6,9-10,12-13H2,1-2H3,(H2,23,24,25).